The number of fused-ring (bicyclic) bond motifs is 1. The normalized spacial score (nSPS) is 19.3. The lowest BCUT2D eigenvalue weighted by Crippen LogP contribution is -2.32. The molecule has 0 amide bonds. The highest BCUT2D eigenvalue weighted by Crippen LogP contribution is 2.35. The van der Waals surface area contributed by atoms with Crippen molar-refractivity contribution in [3.63, 3.8) is 0 Å². The molecule has 0 saturated carbocycles. The number of sulfone groups is 1. The molecule has 3 heterocycles. The van der Waals surface area contributed by atoms with Gasteiger partial charge in [0.15, 0.2) is 11.5 Å². The summed E-state index contributed by atoms with van der Waals surface area (Å²) in [4.78, 5) is 11.9. The highest BCUT2D eigenvalue weighted by Gasteiger charge is 2.25. The SMILES string of the molecule is CCc1nc(NC2CCS(=O)(=O)CC2)c2cc(OC)c(OCCCN3CCCC3)cc2n1. The van der Waals surface area contributed by atoms with Crippen molar-refractivity contribution in [2.75, 3.05) is 50.2 Å². The monoisotopic (exact) mass is 462 g/mol. The lowest BCUT2D eigenvalue weighted by atomic mass is 10.1. The van der Waals surface area contributed by atoms with Crippen molar-refractivity contribution in [1.29, 1.82) is 0 Å². The number of aromatic nitrogens is 2. The highest BCUT2D eigenvalue weighted by molar-refractivity contribution is 7.91. The van der Waals surface area contributed by atoms with Crippen LogP contribution in [0.2, 0.25) is 0 Å². The van der Waals surface area contributed by atoms with E-state index in [0.29, 0.717) is 37.4 Å². The molecule has 0 radical (unpaired) electrons. The van der Waals surface area contributed by atoms with E-state index >= 15 is 0 Å². The van der Waals surface area contributed by atoms with Crippen LogP contribution in [-0.2, 0) is 16.3 Å². The third-order valence-electron chi connectivity index (χ3n) is 6.31. The Bertz CT molecular complexity index is 1020. The zero-order valence-electron chi connectivity index (χ0n) is 19.1. The molecule has 9 heteroatoms. The number of methoxy groups -OCH3 is 1. The van der Waals surface area contributed by atoms with E-state index in [2.05, 4.69) is 10.2 Å². The van der Waals surface area contributed by atoms with E-state index in [1.165, 1.54) is 25.9 Å². The van der Waals surface area contributed by atoms with Crippen molar-refractivity contribution < 1.29 is 17.9 Å². The molecular formula is C23H34N4O4S. The van der Waals surface area contributed by atoms with Crippen LogP contribution in [0.4, 0.5) is 5.82 Å². The Morgan fingerprint density at radius 1 is 1.12 bits per heavy atom. The molecule has 0 spiro atoms. The predicted molar refractivity (Wildman–Crippen MR) is 127 cm³/mol. The number of hydrogen-bond acceptors (Lipinski definition) is 8. The molecule has 0 bridgehead atoms. The van der Waals surface area contributed by atoms with Gasteiger partial charge in [-0.1, -0.05) is 6.92 Å². The Morgan fingerprint density at radius 2 is 1.88 bits per heavy atom. The number of nitrogens with zero attached hydrogens (tertiary/aromatic N) is 3. The first-order valence-electron chi connectivity index (χ1n) is 11.7. The molecule has 0 aliphatic carbocycles. The minimum atomic E-state index is -2.91. The van der Waals surface area contributed by atoms with E-state index < -0.39 is 9.84 Å². The maximum atomic E-state index is 11.8. The lowest BCUT2D eigenvalue weighted by molar-refractivity contribution is 0.254. The Morgan fingerprint density at radius 3 is 2.56 bits per heavy atom. The summed E-state index contributed by atoms with van der Waals surface area (Å²) in [5.41, 5.74) is 0.804. The van der Waals surface area contributed by atoms with E-state index in [1.54, 1.807) is 7.11 Å². The Balaban J connectivity index is 1.52. The molecule has 2 fully saturated rings. The maximum Gasteiger partial charge on any atom is 0.163 e. The summed E-state index contributed by atoms with van der Waals surface area (Å²) in [5.74, 6) is 3.25. The Kier molecular flexibility index (Phi) is 7.35. The molecule has 32 heavy (non-hydrogen) atoms. The van der Waals surface area contributed by atoms with Crippen molar-refractivity contribution in [2.24, 2.45) is 0 Å². The Labute approximate surface area is 190 Å². The third kappa shape index (κ3) is 5.61. The first kappa shape index (κ1) is 23.0. The first-order valence-corrected chi connectivity index (χ1v) is 13.5. The van der Waals surface area contributed by atoms with Crippen LogP contribution in [0.3, 0.4) is 0 Å². The predicted octanol–water partition coefficient (Wildman–Crippen LogP) is 3.05. The zero-order chi connectivity index (χ0) is 22.6. The fourth-order valence-corrected chi connectivity index (χ4v) is 5.92. The van der Waals surface area contributed by atoms with Crippen molar-refractivity contribution in [3.05, 3.63) is 18.0 Å². The van der Waals surface area contributed by atoms with Crippen molar-refractivity contribution in [2.45, 2.75) is 51.5 Å². The van der Waals surface area contributed by atoms with Gasteiger partial charge in [-0.05, 0) is 51.3 Å². The average Bonchev–Trinajstić information content (AvgIpc) is 3.31. The number of benzene rings is 1. The fourth-order valence-electron chi connectivity index (χ4n) is 4.43. The molecular weight excluding hydrogens is 428 g/mol. The largest absolute Gasteiger partial charge is 0.493 e. The van der Waals surface area contributed by atoms with Crippen LogP contribution in [0.5, 0.6) is 11.5 Å². The van der Waals surface area contributed by atoms with Crippen LogP contribution >= 0.6 is 0 Å². The minimum Gasteiger partial charge on any atom is -0.493 e. The molecule has 8 nitrogen and oxygen atoms in total. The molecule has 1 aromatic heterocycles. The quantitative estimate of drug-likeness (QED) is 0.569. The van der Waals surface area contributed by atoms with Gasteiger partial charge in [0.2, 0.25) is 0 Å². The molecule has 2 aliphatic rings. The van der Waals surface area contributed by atoms with Crippen LogP contribution in [0.1, 0.15) is 44.9 Å². The highest BCUT2D eigenvalue weighted by atomic mass is 32.2. The van der Waals surface area contributed by atoms with Crippen molar-refractivity contribution in [1.82, 2.24) is 14.9 Å². The number of anilines is 1. The van der Waals surface area contributed by atoms with Gasteiger partial charge < -0.3 is 19.7 Å². The second-order valence-electron chi connectivity index (χ2n) is 8.68. The first-order chi connectivity index (χ1) is 15.5. The number of ether oxygens (including phenoxy) is 2. The van der Waals surface area contributed by atoms with Gasteiger partial charge >= 0.3 is 0 Å². The lowest BCUT2D eigenvalue weighted by Gasteiger charge is -2.24. The smallest absolute Gasteiger partial charge is 0.163 e. The third-order valence-corrected chi connectivity index (χ3v) is 8.03. The summed E-state index contributed by atoms with van der Waals surface area (Å²) in [6.45, 7) is 6.10. The van der Waals surface area contributed by atoms with E-state index in [1.807, 2.05) is 19.1 Å². The second-order valence-corrected chi connectivity index (χ2v) is 11.0. The van der Waals surface area contributed by atoms with Gasteiger partial charge in [-0.2, -0.15) is 0 Å². The summed E-state index contributed by atoms with van der Waals surface area (Å²) in [6.07, 6.45) is 5.46. The molecule has 1 aromatic carbocycles. The van der Waals surface area contributed by atoms with Crippen LogP contribution in [0, 0.1) is 0 Å². The fraction of sp³-hybridized carbons (Fsp3) is 0.652. The van der Waals surface area contributed by atoms with Gasteiger partial charge in [-0.15, -0.1) is 0 Å². The van der Waals surface area contributed by atoms with Crippen LogP contribution < -0.4 is 14.8 Å². The molecule has 1 N–H and O–H groups in total. The van der Waals surface area contributed by atoms with E-state index in [0.717, 1.165) is 35.5 Å². The summed E-state index contributed by atoms with van der Waals surface area (Å²) < 4.78 is 35.3. The molecule has 4 rings (SSSR count). The minimum absolute atomic E-state index is 0.0776. The molecule has 2 aromatic rings. The van der Waals surface area contributed by atoms with E-state index in [-0.39, 0.29) is 17.5 Å². The molecule has 2 aliphatic heterocycles. The van der Waals surface area contributed by atoms with Crippen LogP contribution in [-0.4, -0.2) is 74.2 Å². The van der Waals surface area contributed by atoms with Gasteiger partial charge in [-0.25, -0.2) is 18.4 Å². The van der Waals surface area contributed by atoms with Gasteiger partial charge in [0.25, 0.3) is 0 Å². The summed E-state index contributed by atoms with van der Waals surface area (Å²) in [6, 6.07) is 3.93. The molecule has 0 unspecified atom stereocenters. The molecule has 0 atom stereocenters. The van der Waals surface area contributed by atoms with Gasteiger partial charge in [0.05, 0.1) is 30.7 Å². The molecule has 176 valence electrons. The average molecular weight is 463 g/mol. The van der Waals surface area contributed by atoms with Gasteiger partial charge in [0.1, 0.15) is 21.5 Å². The number of rotatable bonds is 9. The van der Waals surface area contributed by atoms with Crippen LogP contribution in [0.25, 0.3) is 10.9 Å². The van der Waals surface area contributed by atoms with Crippen LogP contribution in [0.15, 0.2) is 12.1 Å². The van der Waals surface area contributed by atoms with E-state index in [4.69, 9.17) is 19.4 Å². The van der Waals surface area contributed by atoms with Gasteiger partial charge in [-0.3, -0.25) is 0 Å². The van der Waals surface area contributed by atoms with Crippen molar-refractivity contribution >= 4 is 26.6 Å². The number of aryl methyl sites for hydroxylation is 1. The van der Waals surface area contributed by atoms with Gasteiger partial charge in [0, 0.05) is 30.5 Å². The summed E-state index contributed by atoms with van der Waals surface area (Å²) >= 11 is 0. The zero-order valence-corrected chi connectivity index (χ0v) is 19.9. The topological polar surface area (TPSA) is 93.7 Å². The van der Waals surface area contributed by atoms with E-state index in [9.17, 15) is 8.42 Å². The summed E-state index contributed by atoms with van der Waals surface area (Å²) in [7, 11) is -1.27. The maximum absolute atomic E-state index is 11.8. The number of nitrogens with one attached hydrogen (secondary N) is 1. The summed E-state index contributed by atoms with van der Waals surface area (Å²) in [5, 5.41) is 4.33. The number of hydrogen-bond donors (Lipinski definition) is 1. The van der Waals surface area contributed by atoms with Crippen molar-refractivity contribution in [3.8, 4) is 11.5 Å². The Hall–Kier alpha value is -2.13. The number of likely N-dealkylation sites (tertiary alicyclic amines) is 1. The second kappa shape index (κ2) is 10.2. The standard InChI is InChI=1S/C23H34N4O4S/c1-3-22-25-19-16-21(31-12-6-11-27-9-4-5-10-27)20(30-2)15-18(19)23(26-22)24-17-7-13-32(28,29)14-8-17/h15-17H,3-14H2,1-2H3,(H,24,25,26). The molecule has 2 saturated heterocycles.